The van der Waals surface area contributed by atoms with Crippen LogP contribution in [-0.4, -0.2) is 29.1 Å². The quantitative estimate of drug-likeness (QED) is 0.679. The van der Waals surface area contributed by atoms with Gasteiger partial charge in [0.15, 0.2) is 0 Å². The predicted molar refractivity (Wildman–Crippen MR) is 102 cm³/mol. The van der Waals surface area contributed by atoms with Crippen LogP contribution < -0.4 is 10.2 Å². The van der Waals surface area contributed by atoms with Gasteiger partial charge in [-0.1, -0.05) is 44.0 Å². The van der Waals surface area contributed by atoms with Crippen molar-refractivity contribution in [2.24, 2.45) is 0 Å². The highest BCUT2D eigenvalue weighted by Gasteiger charge is 2.51. The largest absolute Gasteiger partial charge is 0.372 e. The summed E-state index contributed by atoms with van der Waals surface area (Å²) in [7, 11) is 0. The van der Waals surface area contributed by atoms with Gasteiger partial charge in [-0.2, -0.15) is 0 Å². The maximum atomic E-state index is 12.6. The molecule has 130 valence electrons. The first-order valence-electron chi connectivity index (χ1n) is 7.73. The third-order valence-corrected chi connectivity index (χ3v) is 5.17. The summed E-state index contributed by atoms with van der Waals surface area (Å²) in [4.78, 5) is 26.5. The number of carbonyl (C=O) groups is 2. The van der Waals surface area contributed by atoms with Gasteiger partial charge in [0.25, 0.3) is 11.8 Å². The average Bonchev–Trinajstić information content (AvgIpc) is 2.90. The molecule has 1 saturated heterocycles. The van der Waals surface area contributed by atoms with Crippen LogP contribution in [0.3, 0.4) is 0 Å². The highest BCUT2D eigenvalue weighted by Crippen LogP contribution is 2.29. The fourth-order valence-electron chi connectivity index (χ4n) is 2.76. The van der Waals surface area contributed by atoms with E-state index in [0.717, 1.165) is 14.5 Å². The Hall–Kier alpha value is -1.70. The van der Waals surface area contributed by atoms with Crippen molar-refractivity contribution in [3.8, 4) is 0 Å². The predicted octanol–water partition coefficient (Wildman–Crippen LogP) is 3.00. The van der Waals surface area contributed by atoms with Gasteiger partial charge in [0.1, 0.15) is 0 Å². The van der Waals surface area contributed by atoms with Crippen molar-refractivity contribution in [1.82, 2.24) is 5.32 Å². The number of nitrogens with zero attached hydrogens (tertiary/aromatic N) is 1. The van der Waals surface area contributed by atoms with Crippen molar-refractivity contribution in [1.29, 1.82) is 0 Å². The molecule has 0 bridgehead atoms. The Balaban J connectivity index is 1.69. The van der Waals surface area contributed by atoms with Crippen molar-refractivity contribution >= 4 is 49.4 Å². The van der Waals surface area contributed by atoms with Crippen LogP contribution in [0.4, 0.5) is 5.69 Å². The Morgan fingerprint density at radius 3 is 2.56 bits per heavy atom. The minimum atomic E-state index is -2.03. The lowest BCUT2D eigenvalue weighted by molar-refractivity contribution is -0.149. The van der Waals surface area contributed by atoms with Crippen LogP contribution in [0.15, 0.2) is 57.5 Å². The Morgan fingerprint density at radius 1 is 1.16 bits per heavy atom. The van der Waals surface area contributed by atoms with E-state index in [9.17, 15) is 14.7 Å². The summed E-state index contributed by atoms with van der Waals surface area (Å²) in [6.45, 7) is 0.535. The smallest absolute Gasteiger partial charge is 0.268 e. The normalized spacial score (nSPS) is 20.0. The maximum Gasteiger partial charge on any atom is 0.268 e. The summed E-state index contributed by atoms with van der Waals surface area (Å²) in [5.74, 6) is -1.27. The second-order valence-corrected chi connectivity index (χ2v) is 7.69. The van der Waals surface area contributed by atoms with Crippen LogP contribution in [0.5, 0.6) is 0 Å². The molecule has 0 spiro atoms. The highest BCUT2D eigenvalue weighted by atomic mass is 79.9. The van der Waals surface area contributed by atoms with E-state index in [4.69, 9.17) is 0 Å². The van der Waals surface area contributed by atoms with Crippen LogP contribution in [0.2, 0.25) is 0 Å². The second-order valence-electron chi connectivity index (χ2n) is 5.86. The monoisotopic (exact) mass is 466 g/mol. The molecular formula is C18H16Br2N2O3. The zero-order chi connectivity index (χ0) is 18.0. The molecule has 2 aromatic rings. The van der Waals surface area contributed by atoms with Crippen LogP contribution >= 0.6 is 31.9 Å². The zero-order valence-electron chi connectivity index (χ0n) is 13.2. The summed E-state index contributed by atoms with van der Waals surface area (Å²) in [5, 5.41) is 13.3. The van der Waals surface area contributed by atoms with E-state index in [0.29, 0.717) is 12.2 Å². The van der Waals surface area contributed by atoms with Crippen LogP contribution in [-0.2, 0) is 16.1 Å². The summed E-state index contributed by atoms with van der Waals surface area (Å²) >= 11 is 6.71. The van der Waals surface area contributed by atoms with E-state index in [1.54, 1.807) is 12.1 Å². The van der Waals surface area contributed by atoms with E-state index in [-0.39, 0.29) is 13.0 Å². The fraction of sp³-hybridized carbons (Fsp3) is 0.222. The van der Waals surface area contributed by atoms with E-state index < -0.39 is 17.4 Å². The molecule has 0 saturated carbocycles. The molecule has 5 nitrogen and oxygen atoms in total. The van der Waals surface area contributed by atoms with Gasteiger partial charge >= 0.3 is 0 Å². The van der Waals surface area contributed by atoms with Crippen molar-refractivity contribution < 1.29 is 14.7 Å². The molecule has 0 radical (unpaired) electrons. The number of benzene rings is 2. The molecule has 2 aromatic carbocycles. The zero-order valence-corrected chi connectivity index (χ0v) is 16.4. The molecule has 3 rings (SSSR count). The molecule has 1 fully saturated rings. The van der Waals surface area contributed by atoms with Gasteiger partial charge in [-0.15, -0.1) is 0 Å². The molecule has 1 aliphatic rings. The van der Waals surface area contributed by atoms with E-state index in [1.807, 2.05) is 36.4 Å². The Morgan fingerprint density at radius 2 is 1.88 bits per heavy atom. The molecule has 7 heteroatoms. The number of nitrogens with one attached hydrogen (secondary N) is 1. The second kappa shape index (κ2) is 7.27. The fourth-order valence-corrected chi connectivity index (χ4v) is 3.47. The standard InChI is InChI=1S/C18H16Br2N2O3/c19-13-4-6-15(7-5-13)22-9-8-18(25,17(22)24)16(23)21-11-12-2-1-3-14(20)10-12/h1-7,10,25H,8-9,11H2,(H,21,23)/t18-/m1/s1. The van der Waals surface area contributed by atoms with Crippen molar-refractivity contribution in [2.75, 3.05) is 11.4 Å². The van der Waals surface area contributed by atoms with Crippen molar-refractivity contribution in [3.05, 3.63) is 63.0 Å². The molecule has 25 heavy (non-hydrogen) atoms. The number of anilines is 1. The summed E-state index contributed by atoms with van der Waals surface area (Å²) in [6, 6.07) is 14.6. The van der Waals surface area contributed by atoms with Gasteiger partial charge in [-0.25, -0.2) is 0 Å². The number of amides is 2. The number of halogens is 2. The molecule has 0 unspecified atom stereocenters. The minimum Gasteiger partial charge on any atom is -0.372 e. The summed E-state index contributed by atoms with van der Waals surface area (Å²) in [6.07, 6.45) is 0.0617. The van der Waals surface area contributed by atoms with E-state index >= 15 is 0 Å². The topological polar surface area (TPSA) is 69.6 Å². The first-order valence-corrected chi connectivity index (χ1v) is 9.31. The van der Waals surface area contributed by atoms with Gasteiger partial charge in [-0.05, 0) is 42.0 Å². The van der Waals surface area contributed by atoms with Crippen LogP contribution in [0.1, 0.15) is 12.0 Å². The molecule has 2 N–H and O–H groups in total. The van der Waals surface area contributed by atoms with Gasteiger partial charge in [0.2, 0.25) is 5.60 Å². The third kappa shape index (κ3) is 3.78. The molecule has 1 heterocycles. The van der Waals surface area contributed by atoms with Crippen LogP contribution in [0.25, 0.3) is 0 Å². The number of carbonyl (C=O) groups excluding carboxylic acids is 2. The number of hydrogen-bond acceptors (Lipinski definition) is 3. The maximum absolute atomic E-state index is 12.6. The highest BCUT2D eigenvalue weighted by molar-refractivity contribution is 9.10. The number of aliphatic hydroxyl groups is 1. The van der Waals surface area contributed by atoms with Crippen molar-refractivity contribution in [3.63, 3.8) is 0 Å². The lowest BCUT2D eigenvalue weighted by Gasteiger charge is -2.22. The minimum absolute atomic E-state index is 0.0617. The van der Waals surface area contributed by atoms with E-state index in [1.165, 1.54) is 4.90 Å². The van der Waals surface area contributed by atoms with E-state index in [2.05, 4.69) is 37.2 Å². The molecule has 0 aliphatic carbocycles. The molecule has 1 aliphatic heterocycles. The van der Waals surface area contributed by atoms with Gasteiger partial charge in [0.05, 0.1) is 0 Å². The lowest BCUT2D eigenvalue weighted by atomic mass is 10.0. The molecule has 0 aromatic heterocycles. The average molecular weight is 468 g/mol. The first kappa shape index (κ1) is 18.1. The summed E-state index contributed by atoms with van der Waals surface area (Å²) in [5.41, 5.74) is -0.496. The summed E-state index contributed by atoms with van der Waals surface area (Å²) < 4.78 is 1.79. The molecule has 1 atom stereocenters. The Kier molecular flexibility index (Phi) is 5.27. The van der Waals surface area contributed by atoms with Crippen LogP contribution in [0, 0.1) is 0 Å². The SMILES string of the molecule is O=C(NCc1cccc(Br)c1)[C@]1(O)CCN(c2ccc(Br)cc2)C1=O. The van der Waals surface area contributed by atoms with Crippen molar-refractivity contribution in [2.45, 2.75) is 18.6 Å². The number of rotatable bonds is 4. The van der Waals surface area contributed by atoms with Gasteiger partial charge in [0, 0.05) is 34.1 Å². The molecular weight excluding hydrogens is 452 g/mol. The van der Waals surface area contributed by atoms with Gasteiger partial charge < -0.3 is 15.3 Å². The third-order valence-electron chi connectivity index (χ3n) is 4.15. The molecule has 2 amide bonds. The Labute approximate surface area is 162 Å². The number of hydrogen-bond donors (Lipinski definition) is 2. The Bertz CT molecular complexity index is 810. The first-order chi connectivity index (χ1) is 11.9. The lowest BCUT2D eigenvalue weighted by Crippen LogP contribution is -2.52. The van der Waals surface area contributed by atoms with Gasteiger partial charge in [-0.3, -0.25) is 9.59 Å².